The molecule has 5 heteroatoms. The van der Waals surface area contributed by atoms with Crippen LogP contribution in [0.5, 0.6) is 11.5 Å². The molecule has 0 aliphatic rings. The first-order valence-corrected chi connectivity index (χ1v) is 11.4. The van der Waals surface area contributed by atoms with Crippen LogP contribution in [0.4, 0.5) is 4.39 Å². The summed E-state index contributed by atoms with van der Waals surface area (Å²) in [5.74, 6) is -0.304. The first kappa shape index (κ1) is 24.2. The first-order valence-electron chi connectivity index (χ1n) is 11.4. The number of carbonyl (C=O) groups excluding carboxylic acids is 2. The lowest BCUT2D eigenvalue weighted by Gasteiger charge is -2.08. The van der Waals surface area contributed by atoms with Crippen LogP contribution in [0.2, 0.25) is 0 Å². The van der Waals surface area contributed by atoms with Gasteiger partial charge in [0.25, 0.3) is 0 Å². The molecule has 0 radical (unpaired) electrons. The highest BCUT2D eigenvalue weighted by Crippen LogP contribution is 2.24. The van der Waals surface area contributed by atoms with Gasteiger partial charge in [0.1, 0.15) is 17.3 Å². The highest BCUT2D eigenvalue weighted by atomic mass is 19.1. The second-order valence-electron chi connectivity index (χ2n) is 7.94. The smallest absolute Gasteiger partial charge is 0.343 e. The Morgan fingerprint density at radius 3 is 1.82 bits per heavy atom. The van der Waals surface area contributed by atoms with Crippen molar-refractivity contribution in [3.8, 4) is 22.6 Å². The van der Waals surface area contributed by atoms with Gasteiger partial charge in [-0.2, -0.15) is 0 Å². The van der Waals surface area contributed by atoms with Gasteiger partial charge in [-0.25, -0.2) is 9.18 Å². The van der Waals surface area contributed by atoms with Gasteiger partial charge in [-0.3, -0.25) is 4.79 Å². The average molecular weight is 449 g/mol. The summed E-state index contributed by atoms with van der Waals surface area (Å²) in [6.45, 7) is 2.19. The summed E-state index contributed by atoms with van der Waals surface area (Å²) in [6.07, 6.45) is 7.20. The molecule has 3 aromatic carbocycles. The van der Waals surface area contributed by atoms with E-state index in [2.05, 4.69) is 6.92 Å². The molecule has 0 aromatic heterocycles. The molecule has 0 saturated heterocycles. The fraction of sp³-hybridized carbons (Fsp3) is 0.286. The van der Waals surface area contributed by atoms with Crippen LogP contribution < -0.4 is 9.47 Å². The zero-order chi connectivity index (χ0) is 23.5. The van der Waals surface area contributed by atoms with Gasteiger partial charge in [-0.05, 0) is 66.1 Å². The third kappa shape index (κ3) is 7.86. The van der Waals surface area contributed by atoms with Crippen LogP contribution in [-0.2, 0) is 4.79 Å². The minimum Gasteiger partial charge on any atom is -0.427 e. The van der Waals surface area contributed by atoms with E-state index in [1.165, 1.54) is 49.9 Å². The molecule has 172 valence electrons. The van der Waals surface area contributed by atoms with Crippen LogP contribution >= 0.6 is 0 Å². The zero-order valence-electron chi connectivity index (χ0n) is 18.9. The highest BCUT2D eigenvalue weighted by Gasteiger charge is 2.10. The van der Waals surface area contributed by atoms with Crippen LogP contribution in [0.3, 0.4) is 0 Å². The number of unbranched alkanes of at least 4 members (excludes halogenated alkanes) is 5. The minimum atomic E-state index is -0.513. The second-order valence-corrected chi connectivity index (χ2v) is 7.94. The predicted molar refractivity (Wildman–Crippen MR) is 127 cm³/mol. The van der Waals surface area contributed by atoms with Crippen molar-refractivity contribution in [3.63, 3.8) is 0 Å². The van der Waals surface area contributed by atoms with E-state index in [0.29, 0.717) is 17.7 Å². The van der Waals surface area contributed by atoms with Gasteiger partial charge in [0.2, 0.25) is 0 Å². The summed E-state index contributed by atoms with van der Waals surface area (Å²) in [5, 5.41) is 0. The maximum atomic E-state index is 13.0. The van der Waals surface area contributed by atoms with E-state index in [0.717, 1.165) is 24.0 Å². The van der Waals surface area contributed by atoms with Gasteiger partial charge >= 0.3 is 11.9 Å². The quantitative estimate of drug-likeness (QED) is 0.175. The number of rotatable bonds is 11. The van der Waals surface area contributed by atoms with E-state index < -0.39 is 11.8 Å². The molecule has 0 saturated carbocycles. The lowest BCUT2D eigenvalue weighted by molar-refractivity contribution is -0.134. The third-order valence-electron chi connectivity index (χ3n) is 5.30. The topological polar surface area (TPSA) is 52.6 Å². The van der Waals surface area contributed by atoms with Crippen LogP contribution in [0.25, 0.3) is 11.1 Å². The number of hydrogen-bond donors (Lipinski definition) is 0. The fourth-order valence-corrected chi connectivity index (χ4v) is 3.41. The minimum absolute atomic E-state index is 0.206. The van der Waals surface area contributed by atoms with E-state index in [9.17, 15) is 14.0 Å². The molecule has 0 spiro atoms. The van der Waals surface area contributed by atoms with E-state index in [1.807, 2.05) is 24.3 Å². The molecule has 0 heterocycles. The molecular formula is C28H29FO4. The van der Waals surface area contributed by atoms with Gasteiger partial charge in [0, 0.05) is 6.42 Å². The third-order valence-corrected chi connectivity index (χ3v) is 5.30. The van der Waals surface area contributed by atoms with E-state index in [-0.39, 0.29) is 11.7 Å². The van der Waals surface area contributed by atoms with Crippen LogP contribution in [0.1, 0.15) is 62.2 Å². The maximum Gasteiger partial charge on any atom is 0.343 e. The van der Waals surface area contributed by atoms with Crippen molar-refractivity contribution in [3.05, 3.63) is 84.2 Å². The average Bonchev–Trinajstić information content (AvgIpc) is 2.83. The van der Waals surface area contributed by atoms with E-state index >= 15 is 0 Å². The molecular weight excluding hydrogens is 419 g/mol. The highest BCUT2D eigenvalue weighted by molar-refractivity contribution is 5.91. The van der Waals surface area contributed by atoms with Gasteiger partial charge in [-0.1, -0.05) is 63.3 Å². The molecule has 0 N–H and O–H groups in total. The number of benzene rings is 3. The SMILES string of the molecule is CCCCCCCCC(=O)Oc1ccc(-c2ccc(C(=O)Oc3ccc(F)cc3)cc2)cc1. The summed E-state index contributed by atoms with van der Waals surface area (Å²) < 4.78 is 23.6. The molecule has 0 aliphatic heterocycles. The van der Waals surface area contributed by atoms with Crippen molar-refractivity contribution in [1.29, 1.82) is 0 Å². The molecule has 0 amide bonds. The zero-order valence-corrected chi connectivity index (χ0v) is 18.9. The number of hydrogen-bond acceptors (Lipinski definition) is 4. The Morgan fingerprint density at radius 1 is 0.667 bits per heavy atom. The summed E-state index contributed by atoms with van der Waals surface area (Å²) in [7, 11) is 0. The van der Waals surface area contributed by atoms with Crippen LogP contribution in [-0.4, -0.2) is 11.9 Å². The molecule has 0 fully saturated rings. The Labute approximate surface area is 194 Å². The van der Waals surface area contributed by atoms with Gasteiger partial charge < -0.3 is 9.47 Å². The molecule has 0 bridgehead atoms. The Bertz CT molecular complexity index is 1030. The molecule has 3 rings (SSSR count). The fourth-order valence-electron chi connectivity index (χ4n) is 3.41. The Hall–Kier alpha value is -3.47. The lowest BCUT2D eigenvalue weighted by Crippen LogP contribution is -2.08. The van der Waals surface area contributed by atoms with Crippen molar-refractivity contribution in [2.24, 2.45) is 0 Å². The normalized spacial score (nSPS) is 10.6. The van der Waals surface area contributed by atoms with Crippen molar-refractivity contribution < 1.29 is 23.5 Å². The predicted octanol–water partition coefficient (Wildman–Crippen LogP) is 7.37. The van der Waals surface area contributed by atoms with Crippen molar-refractivity contribution in [1.82, 2.24) is 0 Å². The number of ether oxygens (including phenoxy) is 2. The summed E-state index contributed by atoms with van der Waals surface area (Å²) in [4.78, 5) is 24.3. The summed E-state index contributed by atoms with van der Waals surface area (Å²) >= 11 is 0. The van der Waals surface area contributed by atoms with Gasteiger partial charge in [0.05, 0.1) is 5.56 Å². The molecule has 4 nitrogen and oxygen atoms in total. The van der Waals surface area contributed by atoms with Crippen molar-refractivity contribution >= 4 is 11.9 Å². The van der Waals surface area contributed by atoms with Crippen LogP contribution in [0, 0.1) is 5.82 Å². The summed E-state index contributed by atoms with van der Waals surface area (Å²) in [5.41, 5.74) is 2.24. The van der Waals surface area contributed by atoms with Crippen molar-refractivity contribution in [2.75, 3.05) is 0 Å². The Balaban J connectivity index is 1.49. The molecule has 3 aromatic rings. The Morgan fingerprint density at radius 2 is 1.18 bits per heavy atom. The van der Waals surface area contributed by atoms with Gasteiger partial charge in [0.15, 0.2) is 0 Å². The molecule has 0 atom stereocenters. The number of esters is 2. The molecule has 0 unspecified atom stereocenters. The van der Waals surface area contributed by atoms with E-state index in [1.54, 1.807) is 24.3 Å². The summed E-state index contributed by atoms with van der Waals surface area (Å²) in [6, 6.07) is 19.6. The molecule has 33 heavy (non-hydrogen) atoms. The standard InChI is InChI=1S/C28H29FO4/c1-2-3-4-5-6-7-8-27(30)32-25-17-13-22(14-18-25)21-9-11-23(12-10-21)28(31)33-26-19-15-24(29)16-20-26/h9-20H,2-8H2,1H3. The second kappa shape index (κ2) is 12.5. The number of halogens is 1. The van der Waals surface area contributed by atoms with Gasteiger partial charge in [-0.15, -0.1) is 0 Å². The number of carbonyl (C=O) groups is 2. The Kier molecular flexibility index (Phi) is 9.19. The van der Waals surface area contributed by atoms with Crippen LogP contribution in [0.15, 0.2) is 72.8 Å². The molecule has 0 aliphatic carbocycles. The van der Waals surface area contributed by atoms with Crippen molar-refractivity contribution in [2.45, 2.75) is 51.9 Å². The van der Waals surface area contributed by atoms with E-state index in [4.69, 9.17) is 9.47 Å². The maximum absolute atomic E-state index is 13.0. The lowest BCUT2D eigenvalue weighted by atomic mass is 10.0. The largest absolute Gasteiger partial charge is 0.427 e. The first-order chi connectivity index (χ1) is 16.0. The monoisotopic (exact) mass is 448 g/mol.